The predicted molar refractivity (Wildman–Crippen MR) is 68.6 cm³/mol. The molecule has 0 spiro atoms. The molecule has 0 bridgehead atoms. The molecule has 0 atom stereocenters. The number of nitrogen functional groups attached to an aromatic ring is 1. The van der Waals surface area contributed by atoms with Gasteiger partial charge in [0, 0.05) is 17.3 Å². The van der Waals surface area contributed by atoms with E-state index in [0.717, 1.165) is 11.1 Å². The maximum atomic E-state index is 13.2. The molecule has 3 rings (SSSR count). The summed E-state index contributed by atoms with van der Waals surface area (Å²) in [5.41, 5.74) is 8.99. The minimum absolute atomic E-state index is 0.237. The van der Waals surface area contributed by atoms with Gasteiger partial charge in [0.15, 0.2) is 5.58 Å². The summed E-state index contributed by atoms with van der Waals surface area (Å²) in [6.45, 7) is 1.71. The lowest BCUT2D eigenvalue weighted by Gasteiger charge is -1.98. The zero-order valence-electron chi connectivity index (χ0n) is 9.77. The number of nitrogens with zero attached hydrogens (tertiary/aromatic N) is 1. The molecule has 0 amide bonds. The van der Waals surface area contributed by atoms with Crippen molar-refractivity contribution in [2.45, 2.75) is 6.92 Å². The highest BCUT2D eigenvalue weighted by molar-refractivity contribution is 5.79. The molecule has 0 aliphatic carbocycles. The topological polar surface area (TPSA) is 52.0 Å². The Bertz CT molecular complexity index is 734. The number of aryl methyl sites for hydroxylation is 1. The third-order valence-corrected chi connectivity index (χ3v) is 2.82. The molecular formula is C14H11FN2O. The molecule has 1 aromatic heterocycles. The first-order valence-electron chi connectivity index (χ1n) is 5.56. The second-order valence-electron chi connectivity index (χ2n) is 4.21. The van der Waals surface area contributed by atoms with Gasteiger partial charge in [-0.2, -0.15) is 0 Å². The molecule has 18 heavy (non-hydrogen) atoms. The SMILES string of the molecule is Cc1cc(-c2nc3ccc(N)cc3o2)ccc1F. The van der Waals surface area contributed by atoms with Gasteiger partial charge in [-0.25, -0.2) is 9.37 Å². The molecule has 0 saturated carbocycles. The summed E-state index contributed by atoms with van der Waals surface area (Å²) in [4.78, 5) is 4.35. The number of benzene rings is 2. The van der Waals surface area contributed by atoms with Crippen molar-refractivity contribution in [1.29, 1.82) is 0 Å². The summed E-state index contributed by atoms with van der Waals surface area (Å²) in [5.74, 6) is 0.234. The minimum atomic E-state index is -0.237. The molecule has 4 heteroatoms. The molecule has 0 aliphatic rings. The normalized spacial score (nSPS) is 11.0. The van der Waals surface area contributed by atoms with Crippen LogP contribution in [0.5, 0.6) is 0 Å². The number of fused-ring (bicyclic) bond motifs is 1. The first kappa shape index (κ1) is 10.8. The van der Waals surface area contributed by atoms with E-state index in [4.69, 9.17) is 10.2 Å². The highest BCUT2D eigenvalue weighted by Gasteiger charge is 2.09. The molecule has 0 fully saturated rings. The number of rotatable bonds is 1. The highest BCUT2D eigenvalue weighted by atomic mass is 19.1. The van der Waals surface area contributed by atoms with Crippen molar-refractivity contribution >= 4 is 16.8 Å². The summed E-state index contributed by atoms with van der Waals surface area (Å²) in [5, 5.41) is 0. The monoisotopic (exact) mass is 242 g/mol. The lowest BCUT2D eigenvalue weighted by molar-refractivity contribution is 0.612. The number of oxazole rings is 1. The van der Waals surface area contributed by atoms with E-state index >= 15 is 0 Å². The van der Waals surface area contributed by atoms with Crippen LogP contribution in [0.3, 0.4) is 0 Å². The van der Waals surface area contributed by atoms with Crippen molar-refractivity contribution in [3.05, 3.63) is 47.8 Å². The first-order chi connectivity index (χ1) is 8.63. The zero-order chi connectivity index (χ0) is 12.7. The fraction of sp³-hybridized carbons (Fsp3) is 0.0714. The standard InChI is InChI=1S/C14H11FN2O/c1-8-6-9(2-4-11(8)15)14-17-12-5-3-10(16)7-13(12)18-14/h2-7H,16H2,1H3. The number of nitrogens with two attached hydrogens (primary N) is 1. The number of aromatic nitrogens is 1. The van der Waals surface area contributed by atoms with E-state index in [-0.39, 0.29) is 5.82 Å². The Morgan fingerprint density at radius 2 is 2.00 bits per heavy atom. The van der Waals surface area contributed by atoms with Crippen LogP contribution < -0.4 is 5.73 Å². The van der Waals surface area contributed by atoms with Gasteiger partial charge in [0.1, 0.15) is 11.3 Å². The summed E-state index contributed by atoms with van der Waals surface area (Å²) in [6, 6.07) is 10.1. The van der Waals surface area contributed by atoms with Crippen molar-refractivity contribution in [2.75, 3.05) is 5.73 Å². The third-order valence-electron chi connectivity index (χ3n) is 2.82. The van der Waals surface area contributed by atoms with Crippen molar-refractivity contribution < 1.29 is 8.81 Å². The van der Waals surface area contributed by atoms with Gasteiger partial charge in [0.05, 0.1) is 0 Å². The zero-order valence-corrected chi connectivity index (χ0v) is 9.77. The smallest absolute Gasteiger partial charge is 0.227 e. The third kappa shape index (κ3) is 1.72. The quantitative estimate of drug-likeness (QED) is 0.664. The van der Waals surface area contributed by atoms with Crippen LogP contribution >= 0.6 is 0 Å². The molecule has 2 aromatic carbocycles. The van der Waals surface area contributed by atoms with Gasteiger partial charge >= 0.3 is 0 Å². The van der Waals surface area contributed by atoms with Crippen LogP contribution in [-0.2, 0) is 0 Å². The van der Waals surface area contributed by atoms with Crippen molar-refractivity contribution in [3.63, 3.8) is 0 Å². The summed E-state index contributed by atoms with van der Waals surface area (Å²) >= 11 is 0. The van der Waals surface area contributed by atoms with Gasteiger partial charge in [0.25, 0.3) is 0 Å². The van der Waals surface area contributed by atoms with Gasteiger partial charge in [-0.3, -0.25) is 0 Å². The summed E-state index contributed by atoms with van der Waals surface area (Å²) in [6.07, 6.45) is 0. The van der Waals surface area contributed by atoms with Gasteiger partial charge in [-0.1, -0.05) is 0 Å². The van der Waals surface area contributed by atoms with Gasteiger partial charge < -0.3 is 10.2 Å². The molecule has 0 radical (unpaired) electrons. The molecule has 0 aliphatic heterocycles. The van der Waals surface area contributed by atoms with Gasteiger partial charge in [-0.15, -0.1) is 0 Å². The van der Waals surface area contributed by atoms with Gasteiger partial charge in [-0.05, 0) is 42.8 Å². The highest BCUT2D eigenvalue weighted by Crippen LogP contribution is 2.26. The first-order valence-corrected chi connectivity index (χ1v) is 5.56. The fourth-order valence-electron chi connectivity index (χ4n) is 1.84. The molecule has 3 aromatic rings. The molecule has 2 N–H and O–H groups in total. The van der Waals surface area contributed by atoms with Crippen LogP contribution in [0.25, 0.3) is 22.6 Å². The largest absolute Gasteiger partial charge is 0.436 e. The number of anilines is 1. The fourth-order valence-corrected chi connectivity index (χ4v) is 1.84. The average Bonchev–Trinajstić information content (AvgIpc) is 2.75. The van der Waals surface area contributed by atoms with Crippen LogP contribution in [0.2, 0.25) is 0 Å². The Hall–Kier alpha value is -2.36. The van der Waals surface area contributed by atoms with Crippen LogP contribution in [0.1, 0.15) is 5.56 Å². The van der Waals surface area contributed by atoms with Crippen LogP contribution in [0.15, 0.2) is 40.8 Å². The summed E-state index contributed by atoms with van der Waals surface area (Å²) < 4.78 is 18.8. The van der Waals surface area contributed by atoms with Crippen molar-refractivity contribution in [1.82, 2.24) is 4.98 Å². The van der Waals surface area contributed by atoms with Gasteiger partial charge in [0.2, 0.25) is 5.89 Å². The Morgan fingerprint density at radius 1 is 1.17 bits per heavy atom. The van der Waals surface area contributed by atoms with E-state index in [9.17, 15) is 4.39 Å². The van der Waals surface area contributed by atoms with Crippen LogP contribution in [-0.4, -0.2) is 4.98 Å². The second-order valence-corrected chi connectivity index (χ2v) is 4.21. The minimum Gasteiger partial charge on any atom is -0.436 e. The average molecular weight is 242 g/mol. The Kier molecular flexibility index (Phi) is 2.30. The molecule has 0 saturated heterocycles. The molecule has 0 unspecified atom stereocenters. The molecule has 3 nitrogen and oxygen atoms in total. The number of halogens is 1. The lowest BCUT2D eigenvalue weighted by Crippen LogP contribution is -1.84. The Balaban J connectivity index is 2.16. The lowest BCUT2D eigenvalue weighted by atomic mass is 10.1. The number of hydrogen-bond acceptors (Lipinski definition) is 3. The second kappa shape index (κ2) is 3.84. The predicted octanol–water partition coefficient (Wildman–Crippen LogP) is 3.52. The molecule has 90 valence electrons. The summed E-state index contributed by atoms with van der Waals surface area (Å²) in [7, 11) is 0. The van der Waals surface area contributed by atoms with E-state index in [1.165, 1.54) is 6.07 Å². The van der Waals surface area contributed by atoms with E-state index in [1.807, 2.05) is 0 Å². The maximum absolute atomic E-state index is 13.2. The Labute approximate surface area is 103 Å². The van der Waals surface area contributed by atoms with E-state index in [2.05, 4.69) is 4.98 Å². The van der Waals surface area contributed by atoms with Crippen LogP contribution in [0.4, 0.5) is 10.1 Å². The number of hydrogen-bond donors (Lipinski definition) is 1. The maximum Gasteiger partial charge on any atom is 0.227 e. The van der Waals surface area contributed by atoms with E-state index in [1.54, 1.807) is 37.3 Å². The Morgan fingerprint density at radius 3 is 2.78 bits per heavy atom. The van der Waals surface area contributed by atoms with Crippen molar-refractivity contribution in [2.24, 2.45) is 0 Å². The molecular weight excluding hydrogens is 231 g/mol. The molecule has 1 heterocycles. The van der Waals surface area contributed by atoms with E-state index in [0.29, 0.717) is 22.7 Å². The van der Waals surface area contributed by atoms with Crippen LogP contribution in [0, 0.1) is 12.7 Å². The van der Waals surface area contributed by atoms with E-state index < -0.39 is 0 Å². The van der Waals surface area contributed by atoms with Crippen molar-refractivity contribution in [3.8, 4) is 11.5 Å².